The highest BCUT2D eigenvalue weighted by Gasteiger charge is 2.36. The normalized spacial score (nSPS) is 26.1. The van der Waals surface area contributed by atoms with Crippen LogP contribution in [0.4, 0.5) is 10.1 Å². The monoisotopic (exact) mass is 289 g/mol. The molecule has 0 amide bonds. The maximum atomic E-state index is 13.6. The molecule has 1 aromatic carbocycles. The third-order valence-corrected chi connectivity index (χ3v) is 5.08. The highest BCUT2D eigenvalue weighted by atomic mass is 19.1. The van der Waals surface area contributed by atoms with Crippen LogP contribution in [0.2, 0.25) is 0 Å². The van der Waals surface area contributed by atoms with Crippen LogP contribution >= 0.6 is 0 Å². The van der Waals surface area contributed by atoms with Crippen molar-refractivity contribution in [2.45, 2.75) is 57.9 Å². The van der Waals surface area contributed by atoms with Crippen molar-refractivity contribution in [1.29, 1.82) is 0 Å². The number of carbonyl (C=O) groups is 1. The molecule has 3 rings (SSSR count). The molecule has 114 valence electrons. The van der Waals surface area contributed by atoms with Gasteiger partial charge in [0.05, 0.1) is 0 Å². The molecule has 0 spiro atoms. The second-order valence-electron chi connectivity index (χ2n) is 6.51. The van der Waals surface area contributed by atoms with Crippen LogP contribution in [0.25, 0.3) is 0 Å². The van der Waals surface area contributed by atoms with Gasteiger partial charge in [-0.25, -0.2) is 4.39 Å². The van der Waals surface area contributed by atoms with Gasteiger partial charge in [0.1, 0.15) is 11.6 Å². The lowest BCUT2D eigenvalue weighted by molar-refractivity contribution is -0.121. The Hall–Kier alpha value is -1.38. The molecular weight excluding hydrogens is 265 g/mol. The van der Waals surface area contributed by atoms with Crippen molar-refractivity contribution < 1.29 is 9.18 Å². The first-order valence-corrected chi connectivity index (χ1v) is 8.22. The van der Waals surface area contributed by atoms with Gasteiger partial charge in [0.2, 0.25) is 0 Å². The highest BCUT2D eigenvalue weighted by molar-refractivity contribution is 5.81. The number of hydrogen-bond acceptors (Lipinski definition) is 2. The SMILES string of the molecule is CC(=O)C1Cc2cc(F)ccc2N2CCCCCCCC12. The Morgan fingerprint density at radius 1 is 1.19 bits per heavy atom. The van der Waals surface area contributed by atoms with E-state index in [0.29, 0.717) is 12.5 Å². The fraction of sp³-hybridized carbons (Fsp3) is 0.611. The molecule has 2 unspecified atom stereocenters. The summed E-state index contributed by atoms with van der Waals surface area (Å²) < 4.78 is 13.6. The smallest absolute Gasteiger partial charge is 0.135 e. The minimum Gasteiger partial charge on any atom is -0.368 e. The van der Waals surface area contributed by atoms with E-state index in [-0.39, 0.29) is 17.5 Å². The molecule has 1 fully saturated rings. The minimum atomic E-state index is -0.196. The van der Waals surface area contributed by atoms with E-state index in [1.165, 1.54) is 25.7 Å². The van der Waals surface area contributed by atoms with E-state index in [4.69, 9.17) is 0 Å². The Balaban J connectivity index is 1.99. The van der Waals surface area contributed by atoms with E-state index in [1.807, 2.05) is 6.07 Å². The molecule has 0 aromatic heterocycles. The predicted molar refractivity (Wildman–Crippen MR) is 83.1 cm³/mol. The van der Waals surface area contributed by atoms with Gasteiger partial charge in [-0.15, -0.1) is 0 Å². The molecule has 2 aliphatic rings. The predicted octanol–water partition coefficient (Wildman–Crippen LogP) is 4.12. The molecule has 0 saturated carbocycles. The van der Waals surface area contributed by atoms with E-state index in [9.17, 15) is 9.18 Å². The summed E-state index contributed by atoms with van der Waals surface area (Å²) in [5.74, 6) is 0.0790. The van der Waals surface area contributed by atoms with Crippen molar-refractivity contribution in [2.24, 2.45) is 5.92 Å². The lowest BCUT2D eigenvalue weighted by atomic mass is 9.81. The molecule has 2 nitrogen and oxygen atoms in total. The molecule has 1 saturated heterocycles. The molecule has 0 N–H and O–H groups in total. The minimum absolute atomic E-state index is 0.0254. The van der Waals surface area contributed by atoms with Crippen LogP contribution in [-0.4, -0.2) is 18.4 Å². The number of carbonyl (C=O) groups excluding carboxylic acids is 1. The summed E-state index contributed by atoms with van der Waals surface area (Å²) in [5, 5.41) is 0. The van der Waals surface area contributed by atoms with Crippen LogP contribution in [0, 0.1) is 11.7 Å². The van der Waals surface area contributed by atoms with Gasteiger partial charge in [-0.3, -0.25) is 4.79 Å². The molecule has 0 bridgehead atoms. The van der Waals surface area contributed by atoms with Gasteiger partial charge in [-0.05, 0) is 49.9 Å². The summed E-state index contributed by atoms with van der Waals surface area (Å²) in [5.41, 5.74) is 2.16. The fourth-order valence-corrected chi connectivity index (χ4v) is 3.99. The summed E-state index contributed by atoms with van der Waals surface area (Å²) in [4.78, 5) is 14.5. The Morgan fingerprint density at radius 2 is 1.95 bits per heavy atom. The standard InChI is InChI=1S/C18H24FNO/c1-13(21)16-12-14-11-15(19)8-9-17(14)20-10-6-4-2-3-5-7-18(16)20/h8-9,11,16,18H,2-7,10,12H2,1H3. The molecule has 21 heavy (non-hydrogen) atoms. The Bertz CT molecular complexity index is 528. The first-order valence-electron chi connectivity index (χ1n) is 8.22. The summed E-state index contributed by atoms with van der Waals surface area (Å²) in [7, 11) is 0. The lowest BCUT2D eigenvalue weighted by Gasteiger charge is -2.43. The van der Waals surface area contributed by atoms with Gasteiger partial charge in [0.15, 0.2) is 0 Å². The Labute approximate surface area is 126 Å². The number of halogens is 1. The van der Waals surface area contributed by atoms with E-state index in [2.05, 4.69) is 4.90 Å². The molecular formula is C18H24FNO. The van der Waals surface area contributed by atoms with Crippen molar-refractivity contribution in [3.8, 4) is 0 Å². The van der Waals surface area contributed by atoms with Crippen molar-refractivity contribution in [3.63, 3.8) is 0 Å². The summed E-state index contributed by atoms with van der Waals surface area (Å²) in [6.07, 6.45) is 7.96. The number of anilines is 1. The summed E-state index contributed by atoms with van der Waals surface area (Å²) >= 11 is 0. The van der Waals surface area contributed by atoms with Crippen LogP contribution < -0.4 is 4.90 Å². The van der Waals surface area contributed by atoms with Crippen LogP contribution in [-0.2, 0) is 11.2 Å². The van der Waals surface area contributed by atoms with E-state index >= 15 is 0 Å². The van der Waals surface area contributed by atoms with Crippen LogP contribution in [0.15, 0.2) is 18.2 Å². The number of nitrogens with zero attached hydrogens (tertiary/aromatic N) is 1. The summed E-state index contributed by atoms with van der Waals surface area (Å²) in [6.45, 7) is 2.69. The number of ketones is 1. The average Bonchev–Trinajstić information content (AvgIpc) is 2.57. The molecule has 1 aromatic rings. The Kier molecular flexibility index (Phi) is 4.27. The zero-order valence-electron chi connectivity index (χ0n) is 12.8. The molecule has 2 aliphatic heterocycles. The number of hydrogen-bond donors (Lipinski definition) is 0. The van der Waals surface area contributed by atoms with Gasteiger partial charge < -0.3 is 4.90 Å². The average molecular weight is 289 g/mol. The molecule has 2 atom stereocenters. The molecule has 0 aliphatic carbocycles. The topological polar surface area (TPSA) is 20.3 Å². The number of rotatable bonds is 1. The maximum Gasteiger partial charge on any atom is 0.135 e. The summed E-state index contributed by atoms with van der Waals surface area (Å²) in [6, 6.07) is 5.38. The van der Waals surface area contributed by atoms with E-state index in [0.717, 1.165) is 30.6 Å². The lowest BCUT2D eigenvalue weighted by Crippen LogP contribution is -2.48. The van der Waals surface area contributed by atoms with Crippen LogP contribution in [0.5, 0.6) is 0 Å². The third kappa shape index (κ3) is 2.97. The first-order chi connectivity index (χ1) is 10.2. The molecule has 2 heterocycles. The Morgan fingerprint density at radius 3 is 2.76 bits per heavy atom. The third-order valence-electron chi connectivity index (χ3n) is 5.08. The van der Waals surface area contributed by atoms with Crippen molar-refractivity contribution in [2.75, 3.05) is 11.4 Å². The van der Waals surface area contributed by atoms with E-state index < -0.39 is 0 Å². The van der Waals surface area contributed by atoms with Crippen molar-refractivity contribution in [1.82, 2.24) is 0 Å². The van der Waals surface area contributed by atoms with Crippen LogP contribution in [0.1, 0.15) is 51.0 Å². The number of fused-ring (bicyclic) bond motifs is 3. The zero-order chi connectivity index (χ0) is 14.8. The fourth-order valence-electron chi connectivity index (χ4n) is 3.99. The van der Waals surface area contributed by atoms with E-state index in [1.54, 1.807) is 19.1 Å². The van der Waals surface area contributed by atoms with Gasteiger partial charge in [-0.1, -0.05) is 25.7 Å². The quantitative estimate of drug-likeness (QED) is 0.775. The van der Waals surface area contributed by atoms with Crippen LogP contribution in [0.3, 0.4) is 0 Å². The first kappa shape index (κ1) is 14.6. The largest absolute Gasteiger partial charge is 0.368 e. The van der Waals surface area contributed by atoms with Gasteiger partial charge in [0, 0.05) is 24.2 Å². The number of Topliss-reactive ketones (excluding diaryl/α,β-unsaturated/α-hetero) is 1. The second-order valence-corrected chi connectivity index (χ2v) is 6.51. The van der Waals surface area contributed by atoms with Crippen molar-refractivity contribution >= 4 is 11.5 Å². The van der Waals surface area contributed by atoms with Gasteiger partial charge in [0.25, 0.3) is 0 Å². The molecule has 3 heteroatoms. The zero-order valence-corrected chi connectivity index (χ0v) is 12.8. The second kappa shape index (κ2) is 6.17. The molecule has 0 radical (unpaired) electrons. The van der Waals surface area contributed by atoms with Gasteiger partial charge in [-0.2, -0.15) is 0 Å². The van der Waals surface area contributed by atoms with Gasteiger partial charge >= 0.3 is 0 Å². The highest BCUT2D eigenvalue weighted by Crippen LogP contribution is 2.37. The van der Waals surface area contributed by atoms with Crippen molar-refractivity contribution in [3.05, 3.63) is 29.6 Å². The maximum absolute atomic E-state index is 13.6. The number of benzene rings is 1.